The number of aryl methyl sites for hydroxylation is 1. The molecule has 0 saturated heterocycles. The fraction of sp³-hybridized carbons (Fsp3) is 0.192. The molecule has 0 aromatic heterocycles. The van der Waals surface area contributed by atoms with Crippen LogP contribution in [0.3, 0.4) is 0 Å². The summed E-state index contributed by atoms with van der Waals surface area (Å²) in [6, 6.07) is 20.7. The van der Waals surface area contributed by atoms with Gasteiger partial charge in [0.25, 0.3) is 0 Å². The van der Waals surface area contributed by atoms with Crippen LogP contribution in [-0.4, -0.2) is 38.5 Å². The summed E-state index contributed by atoms with van der Waals surface area (Å²) in [4.78, 5) is 37.5. The first-order valence-electron chi connectivity index (χ1n) is 10.4. The lowest BCUT2D eigenvalue weighted by molar-refractivity contribution is -0.116. The lowest BCUT2D eigenvalue weighted by Gasteiger charge is -2.12. The van der Waals surface area contributed by atoms with Crippen molar-refractivity contribution in [2.75, 3.05) is 26.1 Å². The van der Waals surface area contributed by atoms with Crippen molar-refractivity contribution in [3.05, 3.63) is 89.5 Å². The Balaban J connectivity index is 1.58. The molecule has 7 heteroatoms. The molecule has 170 valence electrons. The van der Waals surface area contributed by atoms with Gasteiger partial charge in [-0.15, -0.1) is 0 Å². The fourth-order valence-corrected chi connectivity index (χ4v) is 3.19. The number of benzene rings is 3. The average Bonchev–Trinajstić information content (AvgIpc) is 2.86. The quantitative estimate of drug-likeness (QED) is 0.368. The van der Waals surface area contributed by atoms with Gasteiger partial charge >= 0.3 is 5.97 Å². The summed E-state index contributed by atoms with van der Waals surface area (Å²) in [5, 5.41) is 2.75. The number of para-hydroxylation sites is 2. The Morgan fingerprint density at radius 2 is 1.45 bits per heavy atom. The van der Waals surface area contributed by atoms with Gasteiger partial charge in [-0.1, -0.05) is 36.4 Å². The molecule has 0 fully saturated rings. The highest BCUT2D eigenvalue weighted by atomic mass is 16.5. The third-order valence-electron chi connectivity index (χ3n) is 4.96. The van der Waals surface area contributed by atoms with E-state index in [0.29, 0.717) is 23.4 Å². The van der Waals surface area contributed by atoms with Crippen LogP contribution in [0.15, 0.2) is 72.8 Å². The summed E-state index contributed by atoms with van der Waals surface area (Å²) in [7, 11) is 3.06. The first-order valence-corrected chi connectivity index (χ1v) is 10.4. The van der Waals surface area contributed by atoms with E-state index >= 15 is 0 Å². The molecule has 0 unspecified atom stereocenters. The number of carbonyl (C=O) groups is 3. The summed E-state index contributed by atoms with van der Waals surface area (Å²) in [5.74, 6) is -0.176. The average molecular weight is 447 g/mol. The van der Waals surface area contributed by atoms with Crippen molar-refractivity contribution in [1.29, 1.82) is 0 Å². The van der Waals surface area contributed by atoms with E-state index in [4.69, 9.17) is 14.2 Å². The van der Waals surface area contributed by atoms with E-state index in [1.807, 2.05) is 24.3 Å². The number of anilines is 1. The van der Waals surface area contributed by atoms with Crippen LogP contribution in [-0.2, 0) is 16.0 Å². The second-order valence-corrected chi connectivity index (χ2v) is 7.14. The molecule has 3 rings (SSSR count). The Morgan fingerprint density at radius 3 is 2.15 bits per heavy atom. The SMILES string of the molecule is COc1ccc(CCC(=O)Nc2ccccc2C(=O)OCC(=O)c2ccccc2OC)cc1. The van der Waals surface area contributed by atoms with Crippen molar-refractivity contribution in [2.24, 2.45) is 0 Å². The molecule has 1 N–H and O–H groups in total. The van der Waals surface area contributed by atoms with Crippen molar-refractivity contribution in [1.82, 2.24) is 0 Å². The zero-order chi connectivity index (χ0) is 23.6. The third-order valence-corrected chi connectivity index (χ3v) is 4.96. The minimum Gasteiger partial charge on any atom is -0.497 e. The van der Waals surface area contributed by atoms with Crippen molar-refractivity contribution in [3.63, 3.8) is 0 Å². The van der Waals surface area contributed by atoms with Gasteiger partial charge in [-0.05, 0) is 48.4 Å². The fourth-order valence-electron chi connectivity index (χ4n) is 3.19. The summed E-state index contributed by atoms with van der Waals surface area (Å²) < 4.78 is 15.5. The minimum absolute atomic E-state index is 0.170. The van der Waals surface area contributed by atoms with Crippen LogP contribution in [0, 0.1) is 0 Å². The maximum Gasteiger partial charge on any atom is 0.340 e. The van der Waals surface area contributed by atoms with Gasteiger partial charge in [0.2, 0.25) is 11.7 Å². The summed E-state index contributed by atoms with van der Waals surface area (Å²) >= 11 is 0. The van der Waals surface area contributed by atoms with Crippen molar-refractivity contribution >= 4 is 23.3 Å². The number of methoxy groups -OCH3 is 2. The Bertz CT molecular complexity index is 1120. The highest BCUT2D eigenvalue weighted by Crippen LogP contribution is 2.20. The monoisotopic (exact) mass is 447 g/mol. The summed E-state index contributed by atoms with van der Waals surface area (Å²) in [6.07, 6.45) is 0.776. The van der Waals surface area contributed by atoms with Crippen LogP contribution in [0.25, 0.3) is 0 Å². The van der Waals surface area contributed by atoms with Gasteiger partial charge in [-0.2, -0.15) is 0 Å². The second-order valence-electron chi connectivity index (χ2n) is 7.14. The van der Waals surface area contributed by atoms with E-state index < -0.39 is 12.6 Å². The normalized spacial score (nSPS) is 10.2. The largest absolute Gasteiger partial charge is 0.497 e. The molecule has 3 aromatic carbocycles. The molecular weight excluding hydrogens is 422 g/mol. The Hall–Kier alpha value is -4.13. The van der Waals surface area contributed by atoms with Gasteiger partial charge in [0.05, 0.1) is 31.0 Å². The van der Waals surface area contributed by atoms with Crippen LogP contribution in [0.2, 0.25) is 0 Å². The van der Waals surface area contributed by atoms with Crippen LogP contribution >= 0.6 is 0 Å². The predicted molar refractivity (Wildman–Crippen MR) is 124 cm³/mol. The molecule has 1 amide bonds. The van der Waals surface area contributed by atoms with E-state index in [9.17, 15) is 14.4 Å². The highest BCUT2D eigenvalue weighted by Gasteiger charge is 2.18. The standard InChI is InChI=1S/C26H25NO6/c1-31-19-14-11-18(12-15-19)13-16-25(29)27-22-9-5-3-7-20(22)26(30)33-17-23(28)21-8-4-6-10-24(21)32-2/h3-12,14-15H,13,16-17H2,1-2H3,(H,27,29). The molecule has 0 atom stereocenters. The number of rotatable bonds is 10. The number of carbonyl (C=O) groups excluding carboxylic acids is 3. The van der Waals surface area contributed by atoms with Gasteiger partial charge in [0, 0.05) is 6.42 Å². The van der Waals surface area contributed by atoms with Crippen LogP contribution in [0.5, 0.6) is 11.5 Å². The number of ketones is 1. The number of amides is 1. The Kier molecular flexibility index (Phi) is 8.18. The number of esters is 1. The van der Waals surface area contributed by atoms with Crippen molar-refractivity contribution < 1.29 is 28.6 Å². The van der Waals surface area contributed by atoms with Crippen LogP contribution < -0.4 is 14.8 Å². The van der Waals surface area contributed by atoms with Gasteiger partial charge in [-0.25, -0.2) is 4.79 Å². The zero-order valence-electron chi connectivity index (χ0n) is 18.5. The summed E-state index contributed by atoms with van der Waals surface area (Å²) in [5.41, 5.74) is 1.82. The molecule has 0 heterocycles. The molecule has 0 bridgehead atoms. The number of Topliss-reactive ketones (excluding diaryl/α,β-unsaturated/α-hetero) is 1. The molecule has 0 aliphatic heterocycles. The molecule has 0 spiro atoms. The van der Waals surface area contributed by atoms with Gasteiger partial charge in [0.15, 0.2) is 6.61 Å². The smallest absolute Gasteiger partial charge is 0.340 e. The zero-order valence-corrected chi connectivity index (χ0v) is 18.5. The number of ether oxygens (including phenoxy) is 3. The van der Waals surface area contributed by atoms with E-state index in [-0.39, 0.29) is 23.7 Å². The number of nitrogens with one attached hydrogen (secondary N) is 1. The molecule has 33 heavy (non-hydrogen) atoms. The Morgan fingerprint density at radius 1 is 0.788 bits per heavy atom. The Labute approximate surface area is 192 Å². The van der Waals surface area contributed by atoms with Gasteiger partial charge in [-0.3, -0.25) is 9.59 Å². The lowest BCUT2D eigenvalue weighted by atomic mass is 10.1. The lowest BCUT2D eigenvalue weighted by Crippen LogP contribution is -2.18. The topological polar surface area (TPSA) is 90.9 Å². The maximum atomic E-state index is 12.6. The number of hydrogen-bond acceptors (Lipinski definition) is 6. The van der Waals surface area contributed by atoms with Gasteiger partial charge in [0.1, 0.15) is 11.5 Å². The molecule has 0 radical (unpaired) electrons. The highest BCUT2D eigenvalue weighted by molar-refractivity contribution is 6.04. The van der Waals surface area contributed by atoms with Crippen molar-refractivity contribution in [3.8, 4) is 11.5 Å². The third kappa shape index (κ3) is 6.43. The predicted octanol–water partition coefficient (Wildman–Crippen LogP) is 4.31. The van der Waals surface area contributed by atoms with E-state index in [1.54, 1.807) is 49.6 Å². The molecule has 0 aliphatic carbocycles. The van der Waals surface area contributed by atoms with Gasteiger partial charge < -0.3 is 19.5 Å². The molecule has 7 nitrogen and oxygen atoms in total. The van der Waals surface area contributed by atoms with Crippen LogP contribution in [0.4, 0.5) is 5.69 Å². The first-order chi connectivity index (χ1) is 16.0. The summed E-state index contributed by atoms with van der Waals surface area (Å²) in [6.45, 7) is -0.445. The van der Waals surface area contributed by atoms with Crippen LogP contribution in [0.1, 0.15) is 32.7 Å². The minimum atomic E-state index is -0.704. The molecular formula is C26H25NO6. The van der Waals surface area contributed by atoms with Crippen molar-refractivity contribution in [2.45, 2.75) is 12.8 Å². The van der Waals surface area contributed by atoms with E-state index in [2.05, 4.69) is 5.32 Å². The first kappa shape index (κ1) is 23.5. The molecule has 0 saturated carbocycles. The van der Waals surface area contributed by atoms with E-state index in [1.165, 1.54) is 13.2 Å². The molecule has 3 aromatic rings. The second kappa shape index (κ2) is 11.5. The van der Waals surface area contributed by atoms with E-state index in [0.717, 1.165) is 11.3 Å². The molecule has 0 aliphatic rings. The number of hydrogen-bond donors (Lipinski definition) is 1. The maximum absolute atomic E-state index is 12.6.